The number of carbonyl (C=O) groups is 1. The van der Waals surface area contributed by atoms with E-state index >= 15 is 0 Å². The van der Waals surface area contributed by atoms with Gasteiger partial charge in [0, 0.05) is 40.1 Å². The fraction of sp³-hybridized carbons (Fsp3) is 0.786. The van der Waals surface area contributed by atoms with Gasteiger partial charge in [-0.15, -0.1) is 0 Å². The number of hydrogen-bond donors (Lipinski definition) is 0. The molecule has 1 saturated heterocycles. The molecular weight excluding hydrogens is 272 g/mol. The summed E-state index contributed by atoms with van der Waals surface area (Å²) in [6.07, 6.45) is 0.617. The molecule has 7 nitrogen and oxygen atoms in total. The van der Waals surface area contributed by atoms with Gasteiger partial charge in [-0.2, -0.15) is 4.98 Å². The highest BCUT2D eigenvalue weighted by atomic mass is 16.5. The SMILES string of the molecule is CCN(Cc1noc(C)n1)C[C@H]1CC(=O)N(CCOC)C1. The summed E-state index contributed by atoms with van der Waals surface area (Å²) >= 11 is 0. The molecule has 0 unspecified atom stereocenters. The molecular formula is C14H24N4O3. The Labute approximate surface area is 125 Å². The van der Waals surface area contributed by atoms with E-state index in [-0.39, 0.29) is 5.91 Å². The Kier molecular flexibility index (Phi) is 5.69. The molecule has 0 bridgehead atoms. The molecule has 2 heterocycles. The molecule has 2 rings (SSSR count). The van der Waals surface area contributed by atoms with Crippen molar-refractivity contribution in [1.29, 1.82) is 0 Å². The summed E-state index contributed by atoms with van der Waals surface area (Å²) in [5.74, 6) is 1.88. The number of likely N-dealkylation sites (tertiary alicyclic amines) is 1. The van der Waals surface area contributed by atoms with E-state index in [1.807, 2.05) is 4.90 Å². The van der Waals surface area contributed by atoms with Crippen molar-refractivity contribution in [3.63, 3.8) is 0 Å². The Morgan fingerprint density at radius 2 is 2.33 bits per heavy atom. The second kappa shape index (κ2) is 7.51. The third-order valence-corrected chi connectivity index (χ3v) is 3.76. The third-order valence-electron chi connectivity index (χ3n) is 3.76. The minimum Gasteiger partial charge on any atom is -0.383 e. The van der Waals surface area contributed by atoms with Gasteiger partial charge in [-0.25, -0.2) is 0 Å². The standard InChI is InChI=1S/C14H24N4O3/c1-4-17(10-13-15-11(2)21-16-13)8-12-7-14(19)18(9-12)5-6-20-3/h12H,4-10H2,1-3H3/t12-/m1/s1. The normalized spacial score (nSPS) is 19.0. The number of hydrogen-bond acceptors (Lipinski definition) is 6. The Balaban J connectivity index is 1.83. The monoisotopic (exact) mass is 296 g/mol. The van der Waals surface area contributed by atoms with E-state index in [1.165, 1.54) is 0 Å². The molecule has 7 heteroatoms. The number of nitrogens with zero attached hydrogens (tertiary/aromatic N) is 4. The number of aromatic nitrogens is 2. The Morgan fingerprint density at radius 3 is 2.95 bits per heavy atom. The van der Waals surface area contributed by atoms with Gasteiger partial charge in [0.1, 0.15) is 0 Å². The van der Waals surface area contributed by atoms with Crippen LogP contribution in [0.3, 0.4) is 0 Å². The molecule has 0 aliphatic carbocycles. The lowest BCUT2D eigenvalue weighted by molar-refractivity contribution is -0.128. The highest BCUT2D eigenvalue weighted by Crippen LogP contribution is 2.19. The summed E-state index contributed by atoms with van der Waals surface area (Å²) in [4.78, 5) is 20.3. The third kappa shape index (κ3) is 4.50. The van der Waals surface area contributed by atoms with Gasteiger partial charge in [0.2, 0.25) is 11.8 Å². The molecule has 0 spiro atoms. The number of aryl methyl sites for hydroxylation is 1. The van der Waals surface area contributed by atoms with Gasteiger partial charge >= 0.3 is 0 Å². The molecule has 118 valence electrons. The maximum atomic E-state index is 11.9. The van der Waals surface area contributed by atoms with Gasteiger partial charge in [-0.1, -0.05) is 12.1 Å². The van der Waals surface area contributed by atoms with Crippen LogP contribution in [0.25, 0.3) is 0 Å². The molecule has 0 saturated carbocycles. The summed E-state index contributed by atoms with van der Waals surface area (Å²) in [5, 5.41) is 3.93. The van der Waals surface area contributed by atoms with Gasteiger partial charge < -0.3 is 14.2 Å². The molecule has 1 aliphatic rings. The van der Waals surface area contributed by atoms with E-state index < -0.39 is 0 Å². The number of rotatable bonds is 8. The number of methoxy groups -OCH3 is 1. The van der Waals surface area contributed by atoms with Crippen molar-refractivity contribution in [3.8, 4) is 0 Å². The van der Waals surface area contributed by atoms with E-state index in [0.717, 1.165) is 19.6 Å². The minimum absolute atomic E-state index is 0.225. The highest BCUT2D eigenvalue weighted by Gasteiger charge is 2.30. The fourth-order valence-electron chi connectivity index (χ4n) is 2.67. The molecule has 21 heavy (non-hydrogen) atoms. The number of amides is 1. The Hall–Kier alpha value is -1.47. The van der Waals surface area contributed by atoms with Crippen LogP contribution in [-0.4, -0.2) is 65.7 Å². The molecule has 0 radical (unpaired) electrons. The molecule has 1 aliphatic heterocycles. The zero-order valence-electron chi connectivity index (χ0n) is 13.0. The maximum Gasteiger partial charge on any atom is 0.223 e. The summed E-state index contributed by atoms with van der Waals surface area (Å²) < 4.78 is 10.0. The zero-order chi connectivity index (χ0) is 15.2. The smallest absolute Gasteiger partial charge is 0.223 e. The van der Waals surface area contributed by atoms with Crippen molar-refractivity contribution in [2.75, 3.05) is 39.9 Å². The van der Waals surface area contributed by atoms with Gasteiger partial charge in [0.25, 0.3) is 0 Å². The quantitative estimate of drug-likeness (QED) is 0.703. The summed E-state index contributed by atoms with van der Waals surface area (Å²) in [6.45, 7) is 8.42. The van der Waals surface area contributed by atoms with Crippen LogP contribution in [0, 0.1) is 12.8 Å². The van der Waals surface area contributed by atoms with Crippen molar-refractivity contribution < 1.29 is 14.1 Å². The molecule has 1 aromatic rings. The van der Waals surface area contributed by atoms with Crippen LogP contribution < -0.4 is 0 Å². The van der Waals surface area contributed by atoms with Crippen LogP contribution in [0.5, 0.6) is 0 Å². The minimum atomic E-state index is 0.225. The first kappa shape index (κ1) is 15.9. The average molecular weight is 296 g/mol. The van der Waals surface area contributed by atoms with Crippen LogP contribution in [0.2, 0.25) is 0 Å². The van der Waals surface area contributed by atoms with E-state index in [2.05, 4.69) is 22.0 Å². The number of carbonyl (C=O) groups excluding carboxylic acids is 1. The van der Waals surface area contributed by atoms with E-state index in [4.69, 9.17) is 9.26 Å². The predicted molar refractivity (Wildman–Crippen MR) is 76.5 cm³/mol. The highest BCUT2D eigenvalue weighted by molar-refractivity contribution is 5.78. The first-order chi connectivity index (χ1) is 10.1. The van der Waals surface area contributed by atoms with Crippen molar-refractivity contribution >= 4 is 5.91 Å². The van der Waals surface area contributed by atoms with Crippen LogP contribution in [0.15, 0.2) is 4.52 Å². The van der Waals surface area contributed by atoms with Crippen molar-refractivity contribution in [2.24, 2.45) is 5.92 Å². The van der Waals surface area contributed by atoms with Gasteiger partial charge in [-0.05, 0) is 12.5 Å². The molecule has 1 aromatic heterocycles. The summed E-state index contributed by atoms with van der Waals surface area (Å²) in [7, 11) is 1.66. The fourth-order valence-corrected chi connectivity index (χ4v) is 2.67. The largest absolute Gasteiger partial charge is 0.383 e. The van der Waals surface area contributed by atoms with E-state index in [9.17, 15) is 4.79 Å². The van der Waals surface area contributed by atoms with Crippen molar-refractivity contribution in [2.45, 2.75) is 26.8 Å². The topological polar surface area (TPSA) is 71.7 Å². The molecule has 1 fully saturated rings. The van der Waals surface area contributed by atoms with Crippen molar-refractivity contribution in [3.05, 3.63) is 11.7 Å². The number of ether oxygens (including phenoxy) is 1. The lowest BCUT2D eigenvalue weighted by Crippen LogP contribution is -2.32. The zero-order valence-corrected chi connectivity index (χ0v) is 13.0. The van der Waals surface area contributed by atoms with E-state index in [1.54, 1.807) is 14.0 Å². The van der Waals surface area contributed by atoms with Crippen LogP contribution in [-0.2, 0) is 16.1 Å². The molecule has 1 amide bonds. The van der Waals surface area contributed by atoms with Gasteiger partial charge in [0.15, 0.2) is 5.82 Å². The van der Waals surface area contributed by atoms with Crippen LogP contribution >= 0.6 is 0 Å². The molecule has 0 N–H and O–H groups in total. The average Bonchev–Trinajstić information content (AvgIpc) is 3.02. The Bertz CT molecular complexity index is 463. The lowest BCUT2D eigenvalue weighted by Gasteiger charge is -2.22. The van der Waals surface area contributed by atoms with Gasteiger partial charge in [0.05, 0.1) is 13.2 Å². The maximum absolute atomic E-state index is 11.9. The second-order valence-corrected chi connectivity index (χ2v) is 5.46. The summed E-state index contributed by atoms with van der Waals surface area (Å²) in [6, 6.07) is 0. The second-order valence-electron chi connectivity index (χ2n) is 5.46. The van der Waals surface area contributed by atoms with Crippen LogP contribution in [0.4, 0.5) is 0 Å². The first-order valence-electron chi connectivity index (χ1n) is 7.40. The lowest BCUT2D eigenvalue weighted by atomic mass is 10.1. The van der Waals surface area contributed by atoms with Crippen molar-refractivity contribution in [1.82, 2.24) is 19.9 Å². The molecule has 1 atom stereocenters. The first-order valence-corrected chi connectivity index (χ1v) is 7.40. The Morgan fingerprint density at radius 1 is 1.52 bits per heavy atom. The predicted octanol–water partition coefficient (Wildman–Crippen LogP) is 0.695. The van der Waals surface area contributed by atoms with Gasteiger partial charge in [-0.3, -0.25) is 9.69 Å². The summed E-state index contributed by atoms with van der Waals surface area (Å²) in [5.41, 5.74) is 0. The van der Waals surface area contributed by atoms with Crippen LogP contribution in [0.1, 0.15) is 25.1 Å². The molecule has 0 aromatic carbocycles. The van der Waals surface area contributed by atoms with E-state index in [0.29, 0.717) is 43.8 Å².